The quantitative estimate of drug-likeness (QED) is 0.885. The van der Waals surface area contributed by atoms with E-state index in [0.717, 1.165) is 38.0 Å². The van der Waals surface area contributed by atoms with E-state index in [1.807, 2.05) is 30.3 Å². The lowest BCUT2D eigenvalue weighted by atomic mass is 10.0. The Morgan fingerprint density at radius 2 is 1.83 bits per heavy atom. The maximum atomic E-state index is 10.3. The van der Waals surface area contributed by atoms with Crippen LogP contribution in [0.5, 0.6) is 0 Å². The van der Waals surface area contributed by atoms with Gasteiger partial charge in [-0.15, -0.1) is 0 Å². The van der Waals surface area contributed by atoms with E-state index in [0.29, 0.717) is 6.04 Å². The standard InChI is InChI=1S/C20H26N2O/c1-16-6-5-9-19(14-16)21-18-10-12-22(13-11-18)15-20(23)17-7-3-2-4-8-17/h2-9,14,18,20-21,23H,10-13,15H2,1H3. The molecule has 1 aliphatic heterocycles. The Kier molecular flexibility index (Phi) is 5.31. The second-order valence-electron chi connectivity index (χ2n) is 6.52. The molecular formula is C20H26N2O. The summed E-state index contributed by atoms with van der Waals surface area (Å²) in [7, 11) is 0. The van der Waals surface area contributed by atoms with E-state index in [1.165, 1.54) is 11.3 Å². The van der Waals surface area contributed by atoms with Gasteiger partial charge in [0.2, 0.25) is 0 Å². The predicted octanol–water partition coefficient (Wildman–Crippen LogP) is 3.60. The summed E-state index contributed by atoms with van der Waals surface area (Å²) in [6.45, 7) is 4.92. The van der Waals surface area contributed by atoms with Gasteiger partial charge in [-0.3, -0.25) is 0 Å². The minimum atomic E-state index is -0.391. The smallest absolute Gasteiger partial charge is 0.0916 e. The van der Waals surface area contributed by atoms with Gasteiger partial charge in [-0.2, -0.15) is 0 Å². The maximum absolute atomic E-state index is 10.3. The third-order valence-electron chi connectivity index (χ3n) is 4.59. The van der Waals surface area contributed by atoms with Crippen LogP contribution in [0.15, 0.2) is 54.6 Å². The van der Waals surface area contributed by atoms with Gasteiger partial charge in [0.25, 0.3) is 0 Å². The summed E-state index contributed by atoms with van der Waals surface area (Å²) in [5.74, 6) is 0. The molecule has 0 radical (unpaired) electrons. The SMILES string of the molecule is Cc1cccc(NC2CCN(CC(O)c3ccccc3)CC2)c1. The van der Waals surface area contributed by atoms with Crippen LogP contribution in [0.1, 0.15) is 30.1 Å². The Hall–Kier alpha value is -1.84. The van der Waals surface area contributed by atoms with Crippen LogP contribution in [0.25, 0.3) is 0 Å². The molecule has 0 saturated carbocycles. The molecule has 1 saturated heterocycles. The van der Waals surface area contributed by atoms with Gasteiger partial charge in [0.05, 0.1) is 6.10 Å². The third kappa shape index (κ3) is 4.57. The number of benzene rings is 2. The zero-order valence-corrected chi connectivity index (χ0v) is 13.8. The number of β-amino-alcohol motifs (C(OH)–C–C–N with tert-alkyl or cyclic N) is 1. The molecule has 0 bridgehead atoms. The zero-order valence-electron chi connectivity index (χ0n) is 13.8. The lowest BCUT2D eigenvalue weighted by Gasteiger charge is -2.34. The topological polar surface area (TPSA) is 35.5 Å². The number of likely N-dealkylation sites (tertiary alicyclic amines) is 1. The highest BCUT2D eigenvalue weighted by Gasteiger charge is 2.21. The number of aliphatic hydroxyl groups is 1. The van der Waals surface area contributed by atoms with Gasteiger partial charge in [-0.25, -0.2) is 0 Å². The van der Waals surface area contributed by atoms with Crippen molar-refractivity contribution in [3.05, 3.63) is 65.7 Å². The Bertz CT molecular complexity index is 606. The van der Waals surface area contributed by atoms with Crippen molar-refractivity contribution in [1.82, 2.24) is 4.90 Å². The predicted molar refractivity (Wildman–Crippen MR) is 95.7 cm³/mol. The highest BCUT2D eigenvalue weighted by atomic mass is 16.3. The Morgan fingerprint density at radius 1 is 1.09 bits per heavy atom. The molecule has 1 fully saturated rings. The summed E-state index contributed by atoms with van der Waals surface area (Å²) in [5, 5.41) is 14.0. The fourth-order valence-corrected chi connectivity index (χ4v) is 3.26. The number of anilines is 1. The van der Waals surface area contributed by atoms with Gasteiger partial charge in [-0.05, 0) is 43.0 Å². The number of nitrogens with one attached hydrogen (secondary N) is 1. The van der Waals surface area contributed by atoms with Gasteiger partial charge < -0.3 is 15.3 Å². The molecule has 1 aliphatic rings. The molecule has 122 valence electrons. The minimum Gasteiger partial charge on any atom is -0.387 e. The highest BCUT2D eigenvalue weighted by Crippen LogP contribution is 2.20. The molecule has 1 atom stereocenters. The summed E-state index contributed by atoms with van der Waals surface area (Å²) in [6, 6.07) is 19.0. The molecule has 3 heteroatoms. The van der Waals surface area contributed by atoms with Crippen molar-refractivity contribution in [2.45, 2.75) is 31.9 Å². The monoisotopic (exact) mass is 310 g/mol. The number of hydrogen-bond acceptors (Lipinski definition) is 3. The highest BCUT2D eigenvalue weighted by molar-refractivity contribution is 5.46. The lowest BCUT2D eigenvalue weighted by molar-refractivity contribution is 0.0991. The van der Waals surface area contributed by atoms with Crippen LogP contribution in [0, 0.1) is 6.92 Å². The number of aliphatic hydroxyl groups excluding tert-OH is 1. The van der Waals surface area contributed by atoms with Gasteiger partial charge in [-0.1, -0.05) is 42.5 Å². The molecular weight excluding hydrogens is 284 g/mol. The van der Waals surface area contributed by atoms with Gasteiger partial charge >= 0.3 is 0 Å². The first-order valence-corrected chi connectivity index (χ1v) is 8.49. The van der Waals surface area contributed by atoms with Crippen LogP contribution in [-0.4, -0.2) is 35.7 Å². The molecule has 2 N–H and O–H groups in total. The Labute approximate surface area is 139 Å². The van der Waals surface area contributed by atoms with Crippen LogP contribution in [0.2, 0.25) is 0 Å². The average Bonchev–Trinajstić information content (AvgIpc) is 2.57. The molecule has 3 rings (SSSR count). The van der Waals surface area contributed by atoms with Crippen LogP contribution in [0.4, 0.5) is 5.69 Å². The van der Waals surface area contributed by atoms with Crippen molar-refractivity contribution >= 4 is 5.69 Å². The number of nitrogens with zero attached hydrogens (tertiary/aromatic N) is 1. The largest absolute Gasteiger partial charge is 0.387 e. The first kappa shape index (κ1) is 16.0. The number of rotatable bonds is 5. The summed E-state index contributed by atoms with van der Waals surface area (Å²) in [6.07, 6.45) is 1.85. The molecule has 2 aromatic rings. The van der Waals surface area contributed by atoms with Crippen molar-refractivity contribution in [3.63, 3.8) is 0 Å². The van der Waals surface area contributed by atoms with Crippen molar-refractivity contribution in [3.8, 4) is 0 Å². The van der Waals surface area contributed by atoms with Gasteiger partial charge in [0, 0.05) is 31.4 Å². The molecule has 2 aromatic carbocycles. The van der Waals surface area contributed by atoms with Crippen LogP contribution < -0.4 is 5.32 Å². The van der Waals surface area contributed by atoms with E-state index in [1.54, 1.807) is 0 Å². The van der Waals surface area contributed by atoms with Crippen molar-refractivity contribution in [1.29, 1.82) is 0 Å². The van der Waals surface area contributed by atoms with Gasteiger partial charge in [0.15, 0.2) is 0 Å². The van der Waals surface area contributed by atoms with Crippen molar-refractivity contribution in [2.75, 3.05) is 25.0 Å². The molecule has 1 unspecified atom stereocenters. The summed E-state index contributed by atoms with van der Waals surface area (Å²) < 4.78 is 0. The number of piperidine rings is 1. The van der Waals surface area contributed by atoms with E-state index in [4.69, 9.17) is 0 Å². The Balaban J connectivity index is 1.47. The first-order chi connectivity index (χ1) is 11.2. The van der Waals surface area contributed by atoms with E-state index >= 15 is 0 Å². The average molecular weight is 310 g/mol. The Morgan fingerprint density at radius 3 is 2.52 bits per heavy atom. The van der Waals surface area contributed by atoms with Gasteiger partial charge in [0.1, 0.15) is 0 Å². The molecule has 3 nitrogen and oxygen atoms in total. The van der Waals surface area contributed by atoms with E-state index < -0.39 is 6.10 Å². The second-order valence-corrected chi connectivity index (χ2v) is 6.52. The molecule has 0 aliphatic carbocycles. The minimum absolute atomic E-state index is 0.391. The summed E-state index contributed by atoms with van der Waals surface area (Å²) in [5.41, 5.74) is 3.51. The molecule has 0 spiro atoms. The van der Waals surface area contributed by atoms with Crippen molar-refractivity contribution in [2.24, 2.45) is 0 Å². The van der Waals surface area contributed by atoms with Crippen LogP contribution in [-0.2, 0) is 0 Å². The maximum Gasteiger partial charge on any atom is 0.0916 e. The van der Waals surface area contributed by atoms with Crippen LogP contribution >= 0.6 is 0 Å². The molecule has 0 aromatic heterocycles. The van der Waals surface area contributed by atoms with Crippen LogP contribution in [0.3, 0.4) is 0 Å². The molecule has 23 heavy (non-hydrogen) atoms. The molecule has 0 amide bonds. The fourth-order valence-electron chi connectivity index (χ4n) is 3.26. The van der Waals surface area contributed by atoms with Crippen molar-refractivity contribution < 1.29 is 5.11 Å². The molecule has 1 heterocycles. The summed E-state index contributed by atoms with van der Waals surface area (Å²) >= 11 is 0. The van der Waals surface area contributed by atoms with E-state index in [-0.39, 0.29) is 0 Å². The lowest BCUT2D eigenvalue weighted by Crippen LogP contribution is -2.40. The fraction of sp³-hybridized carbons (Fsp3) is 0.400. The van der Waals surface area contributed by atoms with E-state index in [9.17, 15) is 5.11 Å². The summed E-state index contributed by atoms with van der Waals surface area (Å²) in [4.78, 5) is 2.37. The van der Waals surface area contributed by atoms with E-state index in [2.05, 4.69) is 41.4 Å². The zero-order chi connectivity index (χ0) is 16.1. The second kappa shape index (κ2) is 7.62. The normalized spacial score (nSPS) is 17.8. The third-order valence-corrected chi connectivity index (χ3v) is 4.59. The number of aryl methyl sites for hydroxylation is 1. The number of hydrogen-bond donors (Lipinski definition) is 2. The first-order valence-electron chi connectivity index (χ1n) is 8.49.